The minimum absolute atomic E-state index is 0.0262. The maximum Gasteiger partial charge on any atom is 0.214 e. The number of hydrogen-bond donors (Lipinski definition) is 1. The van der Waals surface area contributed by atoms with Gasteiger partial charge in [-0.2, -0.15) is 0 Å². The van der Waals surface area contributed by atoms with Gasteiger partial charge >= 0.3 is 0 Å². The average molecular weight is 327 g/mol. The molecule has 1 N–H and O–H groups in total. The molecule has 0 amide bonds. The molecule has 7 nitrogen and oxygen atoms in total. The lowest BCUT2D eigenvalue weighted by atomic mass is 10.1. The van der Waals surface area contributed by atoms with Crippen LogP contribution < -0.4 is 4.72 Å². The third-order valence-corrected chi connectivity index (χ3v) is 6.80. The number of nitrogens with one attached hydrogen (secondary N) is 1. The SMILES string of the molecule is CCS(=O)(=O)NC1CCN(CCS(=O)(=O)N(C)C)CC1. The van der Waals surface area contributed by atoms with E-state index in [1.807, 2.05) is 0 Å². The van der Waals surface area contributed by atoms with Crippen molar-refractivity contribution in [2.24, 2.45) is 0 Å². The summed E-state index contributed by atoms with van der Waals surface area (Å²) in [5.41, 5.74) is 0. The Morgan fingerprint density at radius 1 is 1.15 bits per heavy atom. The van der Waals surface area contributed by atoms with E-state index in [4.69, 9.17) is 0 Å². The first-order valence-corrected chi connectivity index (χ1v) is 10.0. The van der Waals surface area contributed by atoms with E-state index in [1.165, 1.54) is 18.4 Å². The predicted octanol–water partition coefficient (Wildman–Crippen LogP) is -0.718. The van der Waals surface area contributed by atoms with Crippen molar-refractivity contribution < 1.29 is 16.8 Å². The first kappa shape index (κ1) is 17.8. The van der Waals surface area contributed by atoms with E-state index in [0.29, 0.717) is 6.54 Å². The lowest BCUT2D eigenvalue weighted by Gasteiger charge is -2.32. The summed E-state index contributed by atoms with van der Waals surface area (Å²) in [5.74, 6) is 0.194. The molecule has 1 aliphatic heterocycles. The molecule has 0 radical (unpaired) electrons. The standard InChI is InChI=1S/C11H25N3O4S2/c1-4-19(15,16)12-11-5-7-14(8-6-11)9-10-20(17,18)13(2)3/h11-12H,4-10H2,1-3H3. The number of likely N-dealkylation sites (tertiary alicyclic amines) is 1. The monoisotopic (exact) mass is 327 g/mol. The Morgan fingerprint density at radius 2 is 1.70 bits per heavy atom. The van der Waals surface area contributed by atoms with Gasteiger partial charge in [0.1, 0.15) is 0 Å². The molecule has 0 atom stereocenters. The zero-order valence-electron chi connectivity index (χ0n) is 12.4. The van der Waals surface area contributed by atoms with Crippen LogP contribution in [0.25, 0.3) is 0 Å². The molecule has 120 valence electrons. The van der Waals surface area contributed by atoms with Crippen LogP contribution in [-0.2, 0) is 20.0 Å². The Kier molecular flexibility index (Phi) is 6.39. The smallest absolute Gasteiger partial charge is 0.214 e. The predicted molar refractivity (Wildman–Crippen MR) is 79.5 cm³/mol. The molecule has 0 spiro atoms. The Hall–Kier alpha value is -0.220. The van der Waals surface area contributed by atoms with Crippen LogP contribution in [-0.4, -0.2) is 77.3 Å². The maximum absolute atomic E-state index is 11.7. The van der Waals surface area contributed by atoms with Crippen LogP contribution in [0.3, 0.4) is 0 Å². The largest absolute Gasteiger partial charge is 0.302 e. The summed E-state index contributed by atoms with van der Waals surface area (Å²) in [6.45, 7) is 3.55. The summed E-state index contributed by atoms with van der Waals surface area (Å²) in [6.07, 6.45) is 1.45. The van der Waals surface area contributed by atoms with Crippen molar-refractivity contribution in [3.05, 3.63) is 0 Å². The second-order valence-electron chi connectivity index (χ2n) is 5.24. The molecular weight excluding hydrogens is 302 g/mol. The van der Waals surface area contributed by atoms with E-state index < -0.39 is 20.0 Å². The van der Waals surface area contributed by atoms with Crippen LogP contribution in [0.1, 0.15) is 19.8 Å². The highest BCUT2D eigenvalue weighted by atomic mass is 32.2. The Morgan fingerprint density at radius 3 is 2.15 bits per heavy atom. The summed E-state index contributed by atoms with van der Waals surface area (Å²) in [4.78, 5) is 2.07. The van der Waals surface area contributed by atoms with Gasteiger partial charge in [-0.1, -0.05) is 0 Å². The second-order valence-corrected chi connectivity index (χ2v) is 9.58. The zero-order chi connectivity index (χ0) is 15.4. The molecule has 0 unspecified atom stereocenters. The quantitative estimate of drug-likeness (QED) is 0.667. The van der Waals surface area contributed by atoms with Crippen molar-refractivity contribution in [3.63, 3.8) is 0 Å². The molecule has 0 aromatic carbocycles. The van der Waals surface area contributed by atoms with E-state index in [9.17, 15) is 16.8 Å². The minimum atomic E-state index is -3.16. The first-order chi connectivity index (χ1) is 9.16. The van der Waals surface area contributed by atoms with Crippen LogP contribution in [0.15, 0.2) is 0 Å². The van der Waals surface area contributed by atoms with Crippen molar-refractivity contribution in [3.8, 4) is 0 Å². The molecule has 1 saturated heterocycles. The van der Waals surface area contributed by atoms with Gasteiger partial charge in [-0.25, -0.2) is 25.9 Å². The molecule has 0 saturated carbocycles. The van der Waals surface area contributed by atoms with Crippen LogP contribution in [0.5, 0.6) is 0 Å². The summed E-state index contributed by atoms with van der Waals surface area (Å²) in [5, 5.41) is 0. The topological polar surface area (TPSA) is 86.8 Å². The molecule has 0 aliphatic carbocycles. The van der Waals surface area contributed by atoms with E-state index in [1.54, 1.807) is 6.92 Å². The van der Waals surface area contributed by atoms with E-state index in [2.05, 4.69) is 9.62 Å². The summed E-state index contributed by atoms with van der Waals surface area (Å²) < 4.78 is 50.2. The fraction of sp³-hybridized carbons (Fsp3) is 1.00. The highest BCUT2D eigenvalue weighted by molar-refractivity contribution is 7.89. The summed E-state index contributed by atoms with van der Waals surface area (Å²) >= 11 is 0. The van der Waals surface area contributed by atoms with Gasteiger partial charge < -0.3 is 4.90 Å². The zero-order valence-corrected chi connectivity index (χ0v) is 14.0. The van der Waals surface area contributed by atoms with Gasteiger partial charge in [0, 0.05) is 26.7 Å². The fourth-order valence-electron chi connectivity index (χ4n) is 2.04. The third kappa shape index (κ3) is 5.65. The van der Waals surface area contributed by atoms with Crippen LogP contribution >= 0.6 is 0 Å². The number of piperidine rings is 1. The number of hydrogen-bond acceptors (Lipinski definition) is 5. The molecule has 9 heteroatoms. The third-order valence-electron chi connectivity index (χ3n) is 3.54. The highest BCUT2D eigenvalue weighted by Gasteiger charge is 2.24. The molecule has 0 aromatic rings. The van der Waals surface area contributed by atoms with Crippen LogP contribution in [0.4, 0.5) is 0 Å². The summed E-state index contributed by atoms with van der Waals surface area (Å²) in [7, 11) is -3.26. The fourth-order valence-corrected chi connectivity index (χ4v) is 3.80. The summed E-state index contributed by atoms with van der Waals surface area (Å²) in [6, 6.07) is -0.0262. The second kappa shape index (κ2) is 7.17. The molecule has 20 heavy (non-hydrogen) atoms. The highest BCUT2D eigenvalue weighted by Crippen LogP contribution is 2.11. The number of sulfonamides is 2. The Balaban J connectivity index is 2.37. The van der Waals surface area contributed by atoms with Gasteiger partial charge in [0.15, 0.2) is 0 Å². The van der Waals surface area contributed by atoms with Crippen LogP contribution in [0, 0.1) is 0 Å². The number of nitrogens with zero attached hydrogens (tertiary/aromatic N) is 2. The van der Waals surface area contributed by atoms with E-state index in [-0.39, 0.29) is 17.5 Å². The van der Waals surface area contributed by atoms with Crippen molar-refractivity contribution in [1.29, 1.82) is 0 Å². The van der Waals surface area contributed by atoms with Crippen molar-refractivity contribution >= 4 is 20.0 Å². The van der Waals surface area contributed by atoms with Crippen molar-refractivity contribution in [2.45, 2.75) is 25.8 Å². The molecule has 1 rings (SSSR count). The van der Waals surface area contributed by atoms with E-state index >= 15 is 0 Å². The molecular formula is C11H25N3O4S2. The lowest BCUT2D eigenvalue weighted by molar-refractivity contribution is 0.217. The van der Waals surface area contributed by atoms with Gasteiger partial charge in [0.25, 0.3) is 0 Å². The van der Waals surface area contributed by atoms with Gasteiger partial charge in [0.2, 0.25) is 20.0 Å². The van der Waals surface area contributed by atoms with E-state index in [0.717, 1.165) is 25.9 Å². The van der Waals surface area contributed by atoms with Gasteiger partial charge in [-0.05, 0) is 32.9 Å². The molecule has 0 aromatic heterocycles. The van der Waals surface area contributed by atoms with Gasteiger partial charge in [-0.3, -0.25) is 0 Å². The van der Waals surface area contributed by atoms with Gasteiger partial charge in [-0.15, -0.1) is 0 Å². The van der Waals surface area contributed by atoms with Gasteiger partial charge in [0.05, 0.1) is 11.5 Å². The number of rotatable bonds is 7. The van der Waals surface area contributed by atoms with Crippen molar-refractivity contribution in [1.82, 2.24) is 13.9 Å². The average Bonchev–Trinajstić information content (AvgIpc) is 2.37. The molecule has 0 bridgehead atoms. The lowest BCUT2D eigenvalue weighted by Crippen LogP contribution is -2.46. The normalized spacial score (nSPS) is 19.6. The maximum atomic E-state index is 11.7. The Bertz CT molecular complexity index is 494. The molecule has 1 aliphatic rings. The Labute approximate surface area is 122 Å². The molecule has 1 heterocycles. The first-order valence-electron chi connectivity index (χ1n) is 6.79. The van der Waals surface area contributed by atoms with Crippen molar-refractivity contribution in [2.75, 3.05) is 45.2 Å². The minimum Gasteiger partial charge on any atom is -0.302 e. The van der Waals surface area contributed by atoms with Crippen LogP contribution in [0.2, 0.25) is 0 Å². The molecule has 1 fully saturated rings.